The number of rotatable bonds is 4. The molecule has 0 unspecified atom stereocenters. The maximum Gasteiger partial charge on any atom is 0.278 e. The van der Waals surface area contributed by atoms with Crippen LogP contribution in [-0.4, -0.2) is 30.9 Å². The third-order valence-corrected chi connectivity index (χ3v) is 6.99. The molecule has 9 heteroatoms. The average Bonchev–Trinajstić information content (AvgIpc) is 3.63. The molecule has 0 atom stereocenters. The quantitative estimate of drug-likeness (QED) is 0.433. The molecule has 1 aliphatic heterocycles. The average molecular weight is 490 g/mol. The Kier molecular flexibility index (Phi) is 5.19. The van der Waals surface area contributed by atoms with E-state index in [-0.39, 0.29) is 17.0 Å². The lowest BCUT2D eigenvalue weighted by Gasteiger charge is -2.20. The van der Waals surface area contributed by atoms with Gasteiger partial charge in [0.1, 0.15) is 5.39 Å². The van der Waals surface area contributed by atoms with E-state index < -0.39 is 0 Å². The van der Waals surface area contributed by atoms with Gasteiger partial charge >= 0.3 is 0 Å². The number of halogens is 1. The van der Waals surface area contributed by atoms with Crippen LogP contribution in [-0.2, 0) is 18.4 Å². The van der Waals surface area contributed by atoms with E-state index in [1.165, 1.54) is 11.1 Å². The summed E-state index contributed by atoms with van der Waals surface area (Å²) < 4.78 is 3.64. The van der Waals surface area contributed by atoms with E-state index in [2.05, 4.69) is 53.5 Å². The molecular formula is C26H28ClN7O. The third kappa shape index (κ3) is 4.00. The van der Waals surface area contributed by atoms with Crippen LogP contribution in [0, 0.1) is 0 Å². The molecule has 0 saturated heterocycles. The SMILES string of the molecule is CC(C)(C)c1cc(-n2c3nc(Nc4ccc5c(c4)CCNC5)ncc3c(=O)n2C2CC2)c(Cl)cn1. The zero-order valence-corrected chi connectivity index (χ0v) is 20.9. The summed E-state index contributed by atoms with van der Waals surface area (Å²) in [6.45, 7) is 8.18. The summed E-state index contributed by atoms with van der Waals surface area (Å²) in [5.74, 6) is 0.439. The maximum absolute atomic E-state index is 13.4. The van der Waals surface area contributed by atoms with Crippen molar-refractivity contribution in [3.8, 4) is 5.69 Å². The second-order valence-corrected chi connectivity index (χ2v) is 10.8. The fraction of sp³-hybridized carbons (Fsp3) is 0.385. The normalized spacial score (nSPS) is 15.9. The number of nitrogens with one attached hydrogen (secondary N) is 2. The van der Waals surface area contributed by atoms with E-state index in [1.54, 1.807) is 17.1 Å². The molecule has 0 amide bonds. The van der Waals surface area contributed by atoms with E-state index in [4.69, 9.17) is 16.6 Å². The molecule has 0 radical (unpaired) electrons. The van der Waals surface area contributed by atoms with Gasteiger partial charge < -0.3 is 10.6 Å². The minimum Gasteiger partial charge on any atom is -0.324 e. The molecule has 6 rings (SSSR count). The molecule has 0 bridgehead atoms. The van der Waals surface area contributed by atoms with Gasteiger partial charge in [-0.05, 0) is 55.1 Å². The Balaban J connectivity index is 1.49. The van der Waals surface area contributed by atoms with Crippen LogP contribution in [0.1, 0.15) is 56.5 Å². The lowest BCUT2D eigenvalue weighted by molar-refractivity contribution is 0.549. The van der Waals surface area contributed by atoms with Crippen molar-refractivity contribution >= 4 is 34.3 Å². The van der Waals surface area contributed by atoms with Crippen molar-refractivity contribution in [2.24, 2.45) is 0 Å². The molecule has 4 heterocycles. The summed E-state index contributed by atoms with van der Waals surface area (Å²) in [6.07, 6.45) is 6.17. The van der Waals surface area contributed by atoms with Gasteiger partial charge in [0, 0.05) is 35.7 Å². The second-order valence-electron chi connectivity index (χ2n) is 10.4. The van der Waals surface area contributed by atoms with E-state index in [1.807, 2.05) is 16.8 Å². The Bertz CT molecular complexity index is 1510. The van der Waals surface area contributed by atoms with Crippen molar-refractivity contribution in [2.45, 2.75) is 58.0 Å². The third-order valence-electron chi connectivity index (χ3n) is 6.70. The predicted octanol–water partition coefficient (Wildman–Crippen LogP) is 4.65. The topological polar surface area (TPSA) is 89.7 Å². The fourth-order valence-electron chi connectivity index (χ4n) is 4.62. The van der Waals surface area contributed by atoms with Crippen LogP contribution in [0.3, 0.4) is 0 Å². The van der Waals surface area contributed by atoms with Crippen molar-refractivity contribution in [1.82, 2.24) is 29.6 Å². The Hall–Kier alpha value is -3.23. The second kappa shape index (κ2) is 8.17. The first kappa shape index (κ1) is 22.2. The molecule has 3 aromatic heterocycles. The van der Waals surface area contributed by atoms with E-state index in [9.17, 15) is 4.79 Å². The maximum atomic E-state index is 13.4. The monoisotopic (exact) mass is 489 g/mol. The number of hydrogen-bond donors (Lipinski definition) is 2. The standard InChI is InChI=1S/C26H28ClN7O/c1-26(2,3)22-11-21(20(27)14-29-22)34-23-19(24(35)33(34)18-6-7-18)13-30-25(32-23)31-17-5-4-16-12-28-9-8-15(16)10-17/h4-5,10-11,13-14,18,28H,6-9,12H2,1-3H3,(H,30,31,32). The molecule has 2 aliphatic rings. The minimum atomic E-state index is -0.170. The van der Waals surface area contributed by atoms with Crippen molar-refractivity contribution in [1.29, 1.82) is 0 Å². The Morgan fingerprint density at radius 3 is 2.71 bits per heavy atom. The largest absolute Gasteiger partial charge is 0.324 e. The first-order valence-electron chi connectivity index (χ1n) is 12.1. The summed E-state index contributed by atoms with van der Waals surface area (Å²) in [7, 11) is 0. The smallest absolute Gasteiger partial charge is 0.278 e. The summed E-state index contributed by atoms with van der Waals surface area (Å²) in [5, 5.41) is 7.68. The number of hydrogen-bond acceptors (Lipinski definition) is 6. The van der Waals surface area contributed by atoms with Gasteiger partial charge in [-0.25, -0.2) is 14.3 Å². The minimum absolute atomic E-state index is 0.0967. The van der Waals surface area contributed by atoms with Crippen molar-refractivity contribution in [3.05, 3.63) is 68.9 Å². The Labute approximate surface area is 208 Å². The summed E-state index contributed by atoms with van der Waals surface area (Å²) in [4.78, 5) is 27.2. The lowest BCUT2D eigenvalue weighted by atomic mass is 9.91. The molecular weight excluding hydrogens is 462 g/mol. The molecule has 8 nitrogen and oxygen atoms in total. The van der Waals surface area contributed by atoms with Crippen molar-refractivity contribution in [2.75, 3.05) is 11.9 Å². The molecule has 4 aromatic rings. The van der Waals surface area contributed by atoms with Crippen LogP contribution in [0.5, 0.6) is 0 Å². The van der Waals surface area contributed by atoms with Crippen molar-refractivity contribution in [3.63, 3.8) is 0 Å². The molecule has 2 N–H and O–H groups in total. The van der Waals surface area contributed by atoms with Crippen LogP contribution in [0.15, 0.2) is 41.5 Å². The van der Waals surface area contributed by atoms with Gasteiger partial charge in [-0.2, -0.15) is 4.98 Å². The zero-order chi connectivity index (χ0) is 24.3. The number of aromatic nitrogens is 5. The number of fused-ring (bicyclic) bond motifs is 2. The van der Waals surface area contributed by atoms with E-state index in [0.717, 1.165) is 43.7 Å². The van der Waals surface area contributed by atoms with E-state index >= 15 is 0 Å². The number of nitrogens with zero attached hydrogens (tertiary/aromatic N) is 5. The first-order chi connectivity index (χ1) is 16.8. The zero-order valence-electron chi connectivity index (χ0n) is 20.1. The highest BCUT2D eigenvalue weighted by Gasteiger charge is 2.32. The van der Waals surface area contributed by atoms with Crippen LogP contribution in [0.4, 0.5) is 11.6 Å². The highest BCUT2D eigenvalue weighted by atomic mass is 35.5. The highest BCUT2D eigenvalue weighted by Crippen LogP contribution is 2.37. The molecule has 0 spiro atoms. The highest BCUT2D eigenvalue weighted by molar-refractivity contribution is 6.32. The first-order valence-corrected chi connectivity index (χ1v) is 12.4. The number of benzene rings is 1. The number of pyridine rings is 1. The summed E-state index contributed by atoms with van der Waals surface area (Å²) in [6, 6.07) is 8.42. The van der Waals surface area contributed by atoms with Crippen LogP contribution >= 0.6 is 11.6 Å². The van der Waals surface area contributed by atoms with Crippen LogP contribution in [0.25, 0.3) is 16.7 Å². The lowest BCUT2D eigenvalue weighted by Crippen LogP contribution is -2.23. The van der Waals surface area contributed by atoms with Gasteiger partial charge in [0.2, 0.25) is 5.95 Å². The van der Waals surface area contributed by atoms with Gasteiger partial charge in [0.05, 0.1) is 16.8 Å². The van der Waals surface area contributed by atoms with Crippen molar-refractivity contribution < 1.29 is 0 Å². The fourth-order valence-corrected chi connectivity index (χ4v) is 4.81. The molecule has 35 heavy (non-hydrogen) atoms. The van der Waals surface area contributed by atoms with Gasteiger partial charge in [0.25, 0.3) is 5.56 Å². The Morgan fingerprint density at radius 2 is 1.94 bits per heavy atom. The molecule has 1 aromatic carbocycles. The molecule has 1 aliphatic carbocycles. The van der Waals surface area contributed by atoms with Gasteiger partial charge in [-0.1, -0.05) is 38.4 Å². The van der Waals surface area contributed by atoms with Gasteiger partial charge in [-0.15, -0.1) is 0 Å². The molecule has 1 saturated carbocycles. The van der Waals surface area contributed by atoms with Crippen LogP contribution < -0.4 is 16.2 Å². The molecule has 1 fully saturated rings. The number of anilines is 2. The van der Waals surface area contributed by atoms with Crippen LogP contribution in [0.2, 0.25) is 5.02 Å². The van der Waals surface area contributed by atoms with E-state index in [0.29, 0.717) is 27.7 Å². The van der Waals surface area contributed by atoms with Gasteiger partial charge in [0.15, 0.2) is 5.65 Å². The summed E-state index contributed by atoms with van der Waals surface area (Å²) >= 11 is 6.66. The Morgan fingerprint density at radius 1 is 1.11 bits per heavy atom. The molecule has 180 valence electrons. The van der Waals surface area contributed by atoms with Gasteiger partial charge in [-0.3, -0.25) is 9.78 Å². The summed E-state index contributed by atoms with van der Waals surface area (Å²) in [5.41, 5.74) is 5.44. The predicted molar refractivity (Wildman–Crippen MR) is 138 cm³/mol.